The Morgan fingerprint density at radius 1 is 1.21 bits per heavy atom. The maximum Gasteiger partial charge on any atom is 0.180 e. The van der Waals surface area contributed by atoms with Crippen LogP contribution in [-0.4, -0.2) is 16.1 Å². The molecule has 4 nitrogen and oxygen atoms in total. The summed E-state index contributed by atoms with van der Waals surface area (Å²) in [6.07, 6.45) is 6.45. The highest BCUT2D eigenvalue weighted by Gasteiger charge is 1.99. The van der Waals surface area contributed by atoms with E-state index in [0.717, 1.165) is 31.8 Å². The number of hydrogen-bond donors (Lipinski definition) is 1. The fourth-order valence-electron chi connectivity index (χ4n) is 2.25. The average molecular weight is 255 g/mol. The summed E-state index contributed by atoms with van der Waals surface area (Å²) in [5.41, 5.74) is 1.30. The molecule has 4 heteroatoms. The zero-order chi connectivity index (χ0) is 12.9. The number of fused-ring (bicyclic) bond motifs is 1. The van der Waals surface area contributed by atoms with E-state index in [1.165, 1.54) is 17.3 Å². The Balaban J connectivity index is 1.47. The van der Waals surface area contributed by atoms with Crippen LogP contribution in [0, 0.1) is 0 Å². The van der Waals surface area contributed by atoms with Gasteiger partial charge in [0.05, 0.1) is 12.7 Å². The third-order valence-corrected chi connectivity index (χ3v) is 3.22. The molecule has 0 spiro atoms. The minimum atomic E-state index is 0.742. The van der Waals surface area contributed by atoms with Gasteiger partial charge in [0.2, 0.25) is 0 Å². The summed E-state index contributed by atoms with van der Waals surface area (Å²) in [5.74, 6) is 0.881. The van der Waals surface area contributed by atoms with Crippen molar-refractivity contribution in [3.8, 4) is 0 Å². The van der Waals surface area contributed by atoms with Crippen molar-refractivity contribution < 1.29 is 4.42 Å². The normalized spacial score (nSPS) is 11.2. The van der Waals surface area contributed by atoms with Gasteiger partial charge in [0.1, 0.15) is 5.76 Å². The molecule has 0 aliphatic rings. The van der Waals surface area contributed by atoms with Crippen molar-refractivity contribution in [1.29, 1.82) is 0 Å². The summed E-state index contributed by atoms with van der Waals surface area (Å²) in [5, 5.41) is 4.65. The summed E-state index contributed by atoms with van der Waals surface area (Å²) < 4.78 is 7.46. The molecule has 0 atom stereocenters. The van der Waals surface area contributed by atoms with Gasteiger partial charge in [-0.15, -0.1) is 0 Å². The molecule has 0 unspecified atom stereocenters. The third kappa shape index (κ3) is 2.85. The molecule has 0 amide bonds. The van der Waals surface area contributed by atoms with Crippen molar-refractivity contribution in [3.05, 3.63) is 54.9 Å². The largest absolute Gasteiger partial charge is 0.447 e. The van der Waals surface area contributed by atoms with Gasteiger partial charge in [0.15, 0.2) is 6.39 Å². The highest BCUT2D eigenvalue weighted by Crippen LogP contribution is 2.15. The van der Waals surface area contributed by atoms with Gasteiger partial charge >= 0.3 is 0 Å². The minimum absolute atomic E-state index is 0.742. The Morgan fingerprint density at radius 2 is 2.16 bits per heavy atom. The van der Waals surface area contributed by atoms with Crippen LogP contribution < -0.4 is 5.32 Å². The van der Waals surface area contributed by atoms with Crippen molar-refractivity contribution in [1.82, 2.24) is 14.9 Å². The second-order valence-electron chi connectivity index (χ2n) is 4.57. The summed E-state index contributed by atoms with van der Waals surface area (Å²) in [6, 6.07) is 10.6. The second kappa shape index (κ2) is 5.71. The van der Waals surface area contributed by atoms with E-state index in [0.29, 0.717) is 0 Å². The van der Waals surface area contributed by atoms with Crippen LogP contribution in [0.1, 0.15) is 12.2 Å². The van der Waals surface area contributed by atoms with Gasteiger partial charge in [0.25, 0.3) is 0 Å². The van der Waals surface area contributed by atoms with Gasteiger partial charge in [-0.25, -0.2) is 4.98 Å². The number of aryl methyl sites for hydroxylation is 1. The molecule has 1 aromatic carbocycles. The third-order valence-electron chi connectivity index (χ3n) is 3.22. The number of para-hydroxylation sites is 1. The predicted octanol–water partition coefficient (Wildman–Crippen LogP) is 2.81. The maximum absolute atomic E-state index is 5.16. The van der Waals surface area contributed by atoms with Gasteiger partial charge in [-0.3, -0.25) is 0 Å². The van der Waals surface area contributed by atoms with Crippen molar-refractivity contribution in [2.75, 3.05) is 6.54 Å². The van der Waals surface area contributed by atoms with Crippen LogP contribution in [0.5, 0.6) is 0 Å². The van der Waals surface area contributed by atoms with E-state index in [-0.39, 0.29) is 0 Å². The standard InChI is InChI=1S/C15H17N3O/c1-2-5-15-13(4-1)6-9-18(15)8-3-7-16-10-14-11-17-12-19-14/h1-2,4-6,9,11-12,16H,3,7-8,10H2. The molecule has 0 bridgehead atoms. The smallest absolute Gasteiger partial charge is 0.180 e. The number of nitrogens with one attached hydrogen (secondary N) is 1. The molecule has 2 heterocycles. The van der Waals surface area contributed by atoms with Crippen LogP contribution >= 0.6 is 0 Å². The molecule has 0 aliphatic carbocycles. The Bertz CT molecular complexity index is 628. The molecule has 3 rings (SSSR count). The minimum Gasteiger partial charge on any atom is -0.447 e. The summed E-state index contributed by atoms with van der Waals surface area (Å²) in [6.45, 7) is 2.73. The molecule has 3 aromatic rings. The SMILES string of the molecule is c1ccc2c(c1)ccn2CCCNCc1cnco1. The number of hydrogen-bond acceptors (Lipinski definition) is 3. The Hall–Kier alpha value is -2.07. The lowest BCUT2D eigenvalue weighted by molar-refractivity contribution is 0.473. The first kappa shape index (κ1) is 12.0. The van der Waals surface area contributed by atoms with Gasteiger partial charge in [0, 0.05) is 18.3 Å². The topological polar surface area (TPSA) is 43.0 Å². The first-order valence-corrected chi connectivity index (χ1v) is 6.55. The van der Waals surface area contributed by atoms with Crippen LogP contribution in [-0.2, 0) is 13.1 Å². The zero-order valence-electron chi connectivity index (χ0n) is 10.7. The van der Waals surface area contributed by atoms with Gasteiger partial charge in [-0.2, -0.15) is 0 Å². The Morgan fingerprint density at radius 3 is 3.05 bits per heavy atom. The zero-order valence-corrected chi connectivity index (χ0v) is 10.7. The van der Waals surface area contributed by atoms with Crippen molar-refractivity contribution in [2.24, 2.45) is 0 Å². The second-order valence-corrected chi connectivity index (χ2v) is 4.57. The molecule has 0 saturated carbocycles. The van der Waals surface area contributed by atoms with Crippen LogP contribution in [0.15, 0.2) is 53.5 Å². The van der Waals surface area contributed by atoms with Crippen molar-refractivity contribution >= 4 is 10.9 Å². The number of rotatable bonds is 6. The van der Waals surface area contributed by atoms with Crippen LogP contribution in [0.25, 0.3) is 10.9 Å². The van der Waals surface area contributed by atoms with E-state index in [2.05, 4.69) is 51.4 Å². The van der Waals surface area contributed by atoms with E-state index in [1.807, 2.05) is 0 Å². The Labute approximate surface area is 112 Å². The van der Waals surface area contributed by atoms with Crippen molar-refractivity contribution in [3.63, 3.8) is 0 Å². The fourth-order valence-corrected chi connectivity index (χ4v) is 2.25. The van der Waals surface area contributed by atoms with E-state index in [9.17, 15) is 0 Å². The number of benzene rings is 1. The van der Waals surface area contributed by atoms with Gasteiger partial charge in [-0.1, -0.05) is 18.2 Å². The lowest BCUT2D eigenvalue weighted by Gasteiger charge is -2.06. The highest BCUT2D eigenvalue weighted by molar-refractivity contribution is 5.79. The molecular formula is C15H17N3O. The van der Waals surface area contributed by atoms with Gasteiger partial charge < -0.3 is 14.3 Å². The fraction of sp³-hybridized carbons (Fsp3) is 0.267. The molecule has 0 fully saturated rings. The average Bonchev–Trinajstić information content (AvgIpc) is 3.08. The molecule has 0 saturated heterocycles. The maximum atomic E-state index is 5.16. The van der Waals surface area contributed by atoms with E-state index >= 15 is 0 Å². The van der Waals surface area contributed by atoms with E-state index in [4.69, 9.17) is 4.42 Å². The van der Waals surface area contributed by atoms with Crippen LogP contribution in [0.2, 0.25) is 0 Å². The first-order valence-electron chi connectivity index (χ1n) is 6.55. The summed E-state index contributed by atoms with van der Waals surface area (Å²) in [7, 11) is 0. The summed E-state index contributed by atoms with van der Waals surface area (Å²) >= 11 is 0. The monoisotopic (exact) mass is 255 g/mol. The molecule has 1 N–H and O–H groups in total. The lowest BCUT2D eigenvalue weighted by atomic mass is 10.2. The number of oxazole rings is 1. The number of aromatic nitrogens is 2. The molecule has 98 valence electrons. The number of nitrogens with zero attached hydrogens (tertiary/aromatic N) is 2. The van der Waals surface area contributed by atoms with E-state index in [1.54, 1.807) is 6.20 Å². The highest BCUT2D eigenvalue weighted by atomic mass is 16.3. The molecule has 19 heavy (non-hydrogen) atoms. The molecular weight excluding hydrogens is 238 g/mol. The Kier molecular flexibility index (Phi) is 3.61. The quantitative estimate of drug-likeness (QED) is 0.689. The van der Waals surface area contributed by atoms with Crippen LogP contribution in [0.3, 0.4) is 0 Å². The van der Waals surface area contributed by atoms with Gasteiger partial charge in [-0.05, 0) is 30.5 Å². The predicted molar refractivity (Wildman–Crippen MR) is 74.8 cm³/mol. The van der Waals surface area contributed by atoms with E-state index < -0.39 is 0 Å². The van der Waals surface area contributed by atoms with Crippen LogP contribution in [0.4, 0.5) is 0 Å². The first-order chi connectivity index (χ1) is 9.43. The molecule has 0 radical (unpaired) electrons. The molecule has 2 aromatic heterocycles. The molecule has 0 aliphatic heterocycles. The summed E-state index contributed by atoms with van der Waals surface area (Å²) in [4.78, 5) is 3.89. The van der Waals surface area contributed by atoms with Crippen molar-refractivity contribution in [2.45, 2.75) is 19.5 Å². The lowest BCUT2D eigenvalue weighted by Crippen LogP contribution is -2.16.